The molecule has 0 unspecified atom stereocenters. The Morgan fingerprint density at radius 2 is 1.62 bits per heavy atom. The number of nitrogens with one attached hydrogen (secondary N) is 3. The molecule has 0 saturated heterocycles. The van der Waals surface area contributed by atoms with Gasteiger partial charge in [0, 0.05) is 24.6 Å². The van der Waals surface area contributed by atoms with Crippen LogP contribution in [0.4, 0.5) is 28.6 Å². The summed E-state index contributed by atoms with van der Waals surface area (Å²) in [7, 11) is 1.76. The normalized spacial score (nSPS) is 12.0. The molecule has 2 heterocycles. The number of hydrogen-bond acceptors (Lipinski definition) is 5. The van der Waals surface area contributed by atoms with Crippen LogP contribution in [0, 0.1) is 0 Å². The highest BCUT2D eigenvalue weighted by molar-refractivity contribution is 6.09. The van der Waals surface area contributed by atoms with E-state index in [1.807, 2.05) is 60.7 Å². The number of pyridine rings is 1. The molecule has 7 nitrogen and oxygen atoms in total. The van der Waals surface area contributed by atoms with E-state index in [2.05, 4.69) is 20.9 Å². The van der Waals surface area contributed by atoms with Gasteiger partial charge in [-0.05, 0) is 48.0 Å². The summed E-state index contributed by atoms with van der Waals surface area (Å²) in [5, 5.41) is 9.23. The Morgan fingerprint density at radius 1 is 0.882 bits per heavy atom. The van der Waals surface area contributed by atoms with Gasteiger partial charge in [-0.3, -0.25) is 9.59 Å². The van der Waals surface area contributed by atoms with Crippen molar-refractivity contribution < 1.29 is 9.59 Å². The largest absolute Gasteiger partial charge is 0.387 e. The van der Waals surface area contributed by atoms with Crippen LogP contribution < -0.4 is 20.9 Å². The molecule has 1 aromatic heterocycles. The lowest BCUT2D eigenvalue weighted by atomic mass is 10.1. The summed E-state index contributed by atoms with van der Waals surface area (Å²) < 4.78 is 0. The van der Waals surface area contributed by atoms with Crippen LogP contribution in [-0.4, -0.2) is 23.8 Å². The number of carbonyl (C=O) groups excluding carboxylic acids is 2. The Kier molecular flexibility index (Phi) is 5.66. The number of para-hydroxylation sites is 4. The van der Waals surface area contributed by atoms with Gasteiger partial charge >= 0.3 is 0 Å². The summed E-state index contributed by atoms with van der Waals surface area (Å²) in [5.74, 6) is -0.0757. The quantitative estimate of drug-likeness (QED) is 0.395. The van der Waals surface area contributed by atoms with Crippen molar-refractivity contribution in [3.63, 3.8) is 0 Å². The van der Waals surface area contributed by atoms with E-state index in [0.717, 1.165) is 28.3 Å². The number of fused-ring (bicyclic) bond motifs is 2. The van der Waals surface area contributed by atoms with Crippen molar-refractivity contribution in [1.82, 2.24) is 4.98 Å². The lowest BCUT2D eigenvalue weighted by Gasteiger charge is -2.22. The smallest absolute Gasteiger partial charge is 0.260 e. The number of nitrogens with zero attached hydrogens (tertiary/aromatic N) is 2. The highest BCUT2D eigenvalue weighted by Gasteiger charge is 2.25. The molecule has 1 aliphatic rings. The van der Waals surface area contributed by atoms with Crippen LogP contribution in [0.5, 0.6) is 0 Å². The van der Waals surface area contributed by atoms with E-state index in [4.69, 9.17) is 0 Å². The van der Waals surface area contributed by atoms with Crippen LogP contribution >= 0.6 is 0 Å². The summed E-state index contributed by atoms with van der Waals surface area (Å²) in [5.41, 5.74) is 5.32. The van der Waals surface area contributed by atoms with E-state index in [0.29, 0.717) is 23.5 Å². The zero-order valence-corrected chi connectivity index (χ0v) is 18.6. The summed E-state index contributed by atoms with van der Waals surface area (Å²) >= 11 is 0. The van der Waals surface area contributed by atoms with Gasteiger partial charge in [-0.25, -0.2) is 4.98 Å². The van der Waals surface area contributed by atoms with Gasteiger partial charge in [0.1, 0.15) is 5.82 Å². The van der Waals surface area contributed by atoms with Gasteiger partial charge in [0.05, 0.1) is 29.0 Å². The third-order valence-electron chi connectivity index (χ3n) is 5.75. The predicted molar refractivity (Wildman–Crippen MR) is 135 cm³/mol. The van der Waals surface area contributed by atoms with Crippen molar-refractivity contribution in [2.24, 2.45) is 0 Å². The molecule has 3 N–H and O–H groups in total. The van der Waals surface area contributed by atoms with Gasteiger partial charge in [0.25, 0.3) is 11.8 Å². The van der Waals surface area contributed by atoms with Crippen LogP contribution in [0.25, 0.3) is 0 Å². The molecule has 0 spiro atoms. The fourth-order valence-electron chi connectivity index (χ4n) is 4.01. The van der Waals surface area contributed by atoms with Gasteiger partial charge in [0.2, 0.25) is 0 Å². The minimum atomic E-state index is -0.277. The van der Waals surface area contributed by atoms with Crippen LogP contribution in [-0.2, 0) is 6.54 Å². The first-order valence-electron chi connectivity index (χ1n) is 10.9. The molecule has 7 heteroatoms. The minimum Gasteiger partial charge on any atom is -0.387 e. The molecule has 34 heavy (non-hydrogen) atoms. The van der Waals surface area contributed by atoms with E-state index in [9.17, 15) is 9.59 Å². The van der Waals surface area contributed by atoms with Crippen molar-refractivity contribution in [2.75, 3.05) is 27.9 Å². The molecule has 2 amide bonds. The first-order valence-corrected chi connectivity index (χ1v) is 10.9. The minimum absolute atomic E-state index is 0.170. The highest BCUT2D eigenvalue weighted by Crippen LogP contribution is 2.36. The Morgan fingerprint density at radius 3 is 2.41 bits per heavy atom. The molecule has 3 aromatic carbocycles. The second-order valence-corrected chi connectivity index (χ2v) is 7.87. The van der Waals surface area contributed by atoms with E-state index in [-0.39, 0.29) is 11.8 Å². The topological polar surface area (TPSA) is 86.4 Å². The fraction of sp³-hybridized carbons (Fsp3) is 0.0741. The zero-order chi connectivity index (χ0) is 23.5. The van der Waals surface area contributed by atoms with Gasteiger partial charge < -0.3 is 20.9 Å². The number of anilines is 5. The van der Waals surface area contributed by atoms with Crippen molar-refractivity contribution in [3.8, 4) is 0 Å². The predicted octanol–water partition coefficient (Wildman–Crippen LogP) is 5.28. The summed E-state index contributed by atoms with van der Waals surface area (Å²) in [6, 6.07) is 26.2. The molecular formula is C27H23N5O2. The van der Waals surface area contributed by atoms with Gasteiger partial charge in [0.15, 0.2) is 0 Å². The van der Waals surface area contributed by atoms with Gasteiger partial charge in [-0.15, -0.1) is 0 Å². The van der Waals surface area contributed by atoms with Crippen molar-refractivity contribution in [2.45, 2.75) is 6.54 Å². The lowest BCUT2D eigenvalue weighted by Crippen LogP contribution is -2.30. The molecule has 0 bridgehead atoms. The first-order chi connectivity index (χ1) is 16.6. The SMILES string of the molecule is CNc1ccccc1C(=O)Nc1ccc(C(=O)N2Cc3ccccc3Nc3ccccc32)cn1. The monoisotopic (exact) mass is 449 g/mol. The highest BCUT2D eigenvalue weighted by atomic mass is 16.2. The number of aromatic nitrogens is 1. The third-order valence-corrected chi connectivity index (χ3v) is 5.75. The number of hydrogen-bond donors (Lipinski definition) is 3. The molecule has 0 saturated carbocycles. The molecule has 0 radical (unpaired) electrons. The van der Waals surface area contributed by atoms with E-state index in [1.54, 1.807) is 36.2 Å². The van der Waals surface area contributed by atoms with E-state index >= 15 is 0 Å². The standard InChI is InChI=1S/C27H23N5O2/c1-28-22-11-5-3-9-20(22)26(33)31-25-15-14-18(16-29-25)27(34)32-17-19-8-2-4-10-21(19)30-23-12-6-7-13-24(23)32/h2-16,28,30H,17H2,1H3,(H,29,31,33). The number of benzene rings is 3. The molecule has 0 aliphatic carbocycles. The molecule has 4 aromatic rings. The summed E-state index contributed by atoms with van der Waals surface area (Å²) in [6.45, 7) is 0.429. The Balaban J connectivity index is 1.39. The molecule has 0 atom stereocenters. The molecular weight excluding hydrogens is 426 g/mol. The second kappa shape index (κ2) is 9.07. The molecule has 0 fully saturated rings. The number of amides is 2. The summed E-state index contributed by atoms with van der Waals surface area (Å²) in [6.07, 6.45) is 1.49. The maximum absolute atomic E-state index is 13.5. The molecule has 168 valence electrons. The zero-order valence-electron chi connectivity index (χ0n) is 18.6. The average molecular weight is 450 g/mol. The second-order valence-electron chi connectivity index (χ2n) is 7.87. The van der Waals surface area contributed by atoms with Crippen LogP contribution in [0.2, 0.25) is 0 Å². The Hall–Kier alpha value is -4.65. The number of carbonyl (C=O) groups is 2. The maximum atomic E-state index is 13.5. The Labute approximate surface area is 197 Å². The molecule has 5 rings (SSSR count). The van der Waals surface area contributed by atoms with Crippen LogP contribution in [0.3, 0.4) is 0 Å². The maximum Gasteiger partial charge on any atom is 0.260 e. The van der Waals surface area contributed by atoms with Gasteiger partial charge in [-0.2, -0.15) is 0 Å². The van der Waals surface area contributed by atoms with Gasteiger partial charge in [-0.1, -0.05) is 42.5 Å². The van der Waals surface area contributed by atoms with Crippen molar-refractivity contribution in [1.29, 1.82) is 0 Å². The summed E-state index contributed by atoms with van der Waals surface area (Å²) in [4.78, 5) is 32.3. The van der Waals surface area contributed by atoms with Crippen molar-refractivity contribution >= 4 is 40.4 Å². The number of rotatable bonds is 4. The Bertz CT molecular complexity index is 1370. The fourth-order valence-corrected chi connectivity index (χ4v) is 4.01. The third kappa shape index (κ3) is 4.06. The molecule has 1 aliphatic heterocycles. The van der Waals surface area contributed by atoms with Crippen LogP contribution in [0.15, 0.2) is 91.1 Å². The average Bonchev–Trinajstić information content (AvgIpc) is 3.05. The van der Waals surface area contributed by atoms with Crippen molar-refractivity contribution in [3.05, 3.63) is 108 Å². The lowest BCUT2D eigenvalue weighted by molar-refractivity contribution is 0.0984. The van der Waals surface area contributed by atoms with Crippen LogP contribution in [0.1, 0.15) is 26.3 Å². The first kappa shape index (κ1) is 21.2. The van der Waals surface area contributed by atoms with E-state index < -0.39 is 0 Å². The van der Waals surface area contributed by atoms with E-state index in [1.165, 1.54) is 6.20 Å².